The number of aliphatic hydroxyl groups excluding tert-OH is 1. The van der Waals surface area contributed by atoms with Crippen LogP contribution >= 0.6 is 11.6 Å². The monoisotopic (exact) mass is 408 g/mol. The average molecular weight is 409 g/mol. The van der Waals surface area contributed by atoms with E-state index >= 15 is 0 Å². The van der Waals surface area contributed by atoms with Crippen LogP contribution in [0.4, 0.5) is 5.69 Å². The largest absolute Gasteiger partial charge is 0.393 e. The van der Waals surface area contributed by atoms with Crippen molar-refractivity contribution in [3.8, 4) is 0 Å². The molecular weight excluding hydrogens is 388 g/mol. The topological polar surface area (TPSA) is 86.7 Å². The third-order valence-electron chi connectivity index (χ3n) is 4.50. The zero-order chi connectivity index (χ0) is 19.6. The molecule has 0 aromatic heterocycles. The van der Waals surface area contributed by atoms with E-state index in [1.54, 1.807) is 23.1 Å². The fourth-order valence-electron chi connectivity index (χ4n) is 3.00. The predicted molar refractivity (Wildman–Crippen MR) is 105 cm³/mol. The SMILES string of the molecule is Cc1cccc(NS(=O)(=O)c2ccc(Cl)c(C(=O)N3CCC(O)CC3)c2)c1. The minimum absolute atomic E-state index is 0.0335. The van der Waals surface area contributed by atoms with E-state index in [4.69, 9.17) is 11.6 Å². The number of carbonyl (C=O) groups excluding carboxylic acids is 1. The number of sulfonamides is 1. The Bertz CT molecular complexity index is 954. The molecule has 0 aliphatic carbocycles. The lowest BCUT2D eigenvalue weighted by atomic mass is 10.1. The van der Waals surface area contributed by atoms with Gasteiger partial charge in [-0.3, -0.25) is 9.52 Å². The van der Waals surface area contributed by atoms with Crippen molar-refractivity contribution in [2.75, 3.05) is 17.8 Å². The first-order valence-corrected chi connectivity index (χ1v) is 10.5. The third kappa shape index (κ3) is 4.61. The summed E-state index contributed by atoms with van der Waals surface area (Å²) in [4.78, 5) is 14.3. The van der Waals surface area contributed by atoms with E-state index < -0.39 is 16.1 Å². The van der Waals surface area contributed by atoms with Gasteiger partial charge < -0.3 is 10.0 Å². The quantitative estimate of drug-likeness (QED) is 0.814. The molecular formula is C19H21ClN2O4S. The van der Waals surface area contributed by atoms with Crippen molar-refractivity contribution in [2.45, 2.75) is 30.8 Å². The van der Waals surface area contributed by atoms with Crippen molar-refractivity contribution in [1.29, 1.82) is 0 Å². The van der Waals surface area contributed by atoms with E-state index in [1.807, 2.05) is 13.0 Å². The first-order valence-electron chi connectivity index (χ1n) is 8.62. The number of amides is 1. The fraction of sp³-hybridized carbons (Fsp3) is 0.316. The molecule has 1 aliphatic rings. The molecule has 27 heavy (non-hydrogen) atoms. The summed E-state index contributed by atoms with van der Waals surface area (Å²) < 4.78 is 27.9. The predicted octanol–water partition coefficient (Wildman–Crippen LogP) is 3.05. The molecule has 6 nitrogen and oxygen atoms in total. The van der Waals surface area contributed by atoms with Crippen molar-refractivity contribution in [3.63, 3.8) is 0 Å². The molecule has 0 radical (unpaired) electrons. The Morgan fingerprint density at radius 2 is 1.89 bits per heavy atom. The van der Waals surface area contributed by atoms with Gasteiger partial charge in [-0.25, -0.2) is 8.42 Å². The van der Waals surface area contributed by atoms with Crippen molar-refractivity contribution in [1.82, 2.24) is 4.90 Å². The fourth-order valence-corrected chi connectivity index (χ4v) is 4.27. The van der Waals surface area contributed by atoms with Crippen LogP contribution in [-0.2, 0) is 10.0 Å². The van der Waals surface area contributed by atoms with Crippen molar-refractivity contribution < 1.29 is 18.3 Å². The molecule has 2 N–H and O–H groups in total. The van der Waals surface area contributed by atoms with E-state index in [0.29, 0.717) is 31.6 Å². The van der Waals surface area contributed by atoms with Gasteiger partial charge in [-0.05, 0) is 55.7 Å². The minimum Gasteiger partial charge on any atom is -0.393 e. The number of nitrogens with zero attached hydrogens (tertiary/aromatic N) is 1. The lowest BCUT2D eigenvalue weighted by molar-refractivity contribution is 0.0546. The number of hydrogen-bond donors (Lipinski definition) is 2. The van der Waals surface area contributed by atoms with Gasteiger partial charge in [0.25, 0.3) is 15.9 Å². The molecule has 2 aromatic rings. The summed E-state index contributed by atoms with van der Waals surface area (Å²) in [7, 11) is -3.86. The number of nitrogens with one attached hydrogen (secondary N) is 1. The maximum absolute atomic E-state index is 12.8. The zero-order valence-corrected chi connectivity index (χ0v) is 16.4. The first-order chi connectivity index (χ1) is 12.8. The minimum atomic E-state index is -3.86. The van der Waals surface area contributed by atoms with Gasteiger partial charge in [0.1, 0.15) is 0 Å². The van der Waals surface area contributed by atoms with Crippen LogP contribution in [-0.4, -0.2) is 43.5 Å². The molecule has 1 fully saturated rings. The number of benzene rings is 2. The molecule has 1 amide bonds. The molecule has 144 valence electrons. The van der Waals surface area contributed by atoms with Crippen LogP contribution in [0, 0.1) is 6.92 Å². The van der Waals surface area contributed by atoms with Gasteiger partial charge in [-0.1, -0.05) is 23.7 Å². The Labute approximate surface area is 163 Å². The molecule has 0 unspecified atom stereocenters. The van der Waals surface area contributed by atoms with Gasteiger partial charge >= 0.3 is 0 Å². The van der Waals surface area contributed by atoms with Crippen molar-refractivity contribution >= 4 is 33.2 Å². The summed E-state index contributed by atoms with van der Waals surface area (Å²) in [6.45, 7) is 2.69. The summed E-state index contributed by atoms with van der Waals surface area (Å²) in [5.74, 6) is -0.334. The number of anilines is 1. The summed E-state index contributed by atoms with van der Waals surface area (Å²) in [6.07, 6.45) is 0.585. The number of rotatable bonds is 4. The molecule has 2 aromatic carbocycles. The molecule has 0 saturated carbocycles. The Morgan fingerprint density at radius 3 is 2.56 bits per heavy atom. The van der Waals surface area contributed by atoms with Gasteiger partial charge in [-0.15, -0.1) is 0 Å². The summed E-state index contributed by atoms with van der Waals surface area (Å²) >= 11 is 6.16. The maximum atomic E-state index is 12.8. The van der Waals surface area contributed by atoms with Crippen molar-refractivity contribution in [3.05, 3.63) is 58.6 Å². The summed E-state index contributed by atoms with van der Waals surface area (Å²) in [5.41, 5.74) is 1.51. The normalized spacial score (nSPS) is 15.6. The summed E-state index contributed by atoms with van der Waals surface area (Å²) in [5, 5.41) is 9.79. The third-order valence-corrected chi connectivity index (χ3v) is 6.21. The van der Waals surface area contributed by atoms with Gasteiger partial charge in [0.05, 0.1) is 21.6 Å². The second-order valence-electron chi connectivity index (χ2n) is 6.64. The zero-order valence-electron chi connectivity index (χ0n) is 14.9. The number of aliphatic hydroxyl groups is 1. The number of halogens is 1. The van der Waals surface area contributed by atoms with Crippen LogP contribution in [0.3, 0.4) is 0 Å². The number of hydrogen-bond acceptors (Lipinski definition) is 4. The molecule has 1 aliphatic heterocycles. The van der Waals surface area contributed by atoms with E-state index in [0.717, 1.165) is 5.56 Å². The highest BCUT2D eigenvalue weighted by atomic mass is 35.5. The van der Waals surface area contributed by atoms with Crippen molar-refractivity contribution in [2.24, 2.45) is 0 Å². The Morgan fingerprint density at radius 1 is 1.19 bits per heavy atom. The Balaban J connectivity index is 1.87. The molecule has 1 saturated heterocycles. The van der Waals surface area contributed by atoms with E-state index in [9.17, 15) is 18.3 Å². The van der Waals surface area contributed by atoms with Gasteiger partial charge in [-0.2, -0.15) is 0 Å². The number of likely N-dealkylation sites (tertiary alicyclic amines) is 1. The molecule has 1 heterocycles. The summed E-state index contributed by atoms with van der Waals surface area (Å²) in [6, 6.07) is 11.1. The lowest BCUT2D eigenvalue weighted by Crippen LogP contribution is -2.40. The average Bonchev–Trinajstić information content (AvgIpc) is 2.61. The van der Waals surface area contributed by atoms with E-state index in [2.05, 4.69) is 4.72 Å². The van der Waals surface area contributed by atoms with E-state index in [1.165, 1.54) is 18.2 Å². The van der Waals surface area contributed by atoms with Crippen LogP contribution in [0.1, 0.15) is 28.8 Å². The second-order valence-corrected chi connectivity index (χ2v) is 8.73. The smallest absolute Gasteiger partial charge is 0.261 e. The van der Waals surface area contributed by atoms with Crippen LogP contribution in [0.2, 0.25) is 5.02 Å². The Kier molecular flexibility index (Phi) is 5.74. The molecule has 0 spiro atoms. The first kappa shape index (κ1) is 19.7. The van der Waals surface area contributed by atoms with Gasteiger partial charge in [0, 0.05) is 18.8 Å². The standard InChI is InChI=1S/C19H21ClN2O4S/c1-13-3-2-4-14(11-13)21-27(25,26)16-5-6-18(20)17(12-16)19(24)22-9-7-15(23)8-10-22/h2-6,11-12,15,21,23H,7-10H2,1H3. The maximum Gasteiger partial charge on any atom is 0.261 e. The van der Waals surface area contributed by atoms with Crippen LogP contribution in [0.5, 0.6) is 0 Å². The highest BCUT2D eigenvalue weighted by Gasteiger charge is 2.25. The highest BCUT2D eigenvalue weighted by molar-refractivity contribution is 7.92. The van der Waals surface area contributed by atoms with Gasteiger partial charge in [0.15, 0.2) is 0 Å². The Hall–Kier alpha value is -2.09. The second kappa shape index (κ2) is 7.88. The van der Waals surface area contributed by atoms with Gasteiger partial charge in [0.2, 0.25) is 0 Å². The van der Waals surface area contributed by atoms with Crippen LogP contribution < -0.4 is 4.72 Å². The lowest BCUT2D eigenvalue weighted by Gasteiger charge is -2.30. The van der Waals surface area contributed by atoms with E-state index in [-0.39, 0.29) is 21.4 Å². The highest BCUT2D eigenvalue weighted by Crippen LogP contribution is 2.25. The number of aryl methyl sites for hydroxylation is 1. The molecule has 0 bridgehead atoms. The van der Waals surface area contributed by atoms with Crippen LogP contribution in [0.15, 0.2) is 47.4 Å². The number of carbonyl (C=O) groups is 1. The molecule has 8 heteroatoms. The number of piperidine rings is 1. The molecule has 0 atom stereocenters. The molecule has 3 rings (SSSR count). The van der Waals surface area contributed by atoms with Crippen LogP contribution in [0.25, 0.3) is 0 Å².